The van der Waals surface area contributed by atoms with E-state index in [0.29, 0.717) is 28.7 Å². The highest BCUT2D eigenvalue weighted by Gasteiger charge is 2.20. The fourth-order valence-corrected chi connectivity index (χ4v) is 3.77. The maximum absolute atomic E-state index is 13.0. The van der Waals surface area contributed by atoms with Crippen LogP contribution in [-0.2, 0) is 6.54 Å². The highest BCUT2D eigenvalue weighted by Crippen LogP contribution is 2.19. The number of nitrogens with one attached hydrogen (secondary N) is 1. The zero-order chi connectivity index (χ0) is 18.8. The minimum absolute atomic E-state index is 0.126. The number of nitrogens with zero attached hydrogens (tertiary/aromatic N) is 2. The molecule has 1 aliphatic rings. The van der Waals surface area contributed by atoms with Gasteiger partial charge in [-0.1, -0.05) is 43.2 Å². The summed E-state index contributed by atoms with van der Waals surface area (Å²) in [5, 5.41) is 3.57. The Kier molecular flexibility index (Phi) is 4.75. The number of hydrogen-bond donors (Lipinski definition) is 1. The number of rotatable bonds is 4. The van der Waals surface area contributed by atoms with Crippen LogP contribution in [0, 0.1) is 6.92 Å². The molecule has 1 N–H and O–H groups in total. The van der Waals surface area contributed by atoms with Gasteiger partial charge in [-0.2, -0.15) is 0 Å². The molecule has 4 rings (SSSR count). The maximum atomic E-state index is 13.0. The third-order valence-electron chi connectivity index (χ3n) is 5.28. The Morgan fingerprint density at radius 2 is 1.93 bits per heavy atom. The van der Waals surface area contributed by atoms with Crippen LogP contribution in [0.3, 0.4) is 0 Å². The fourth-order valence-electron chi connectivity index (χ4n) is 3.77. The van der Waals surface area contributed by atoms with Crippen LogP contribution in [0.1, 0.15) is 47.3 Å². The average Bonchev–Trinajstić information content (AvgIpc) is 3.17. The van der Waals surface area contributed by atoms with Gasteiger partial charge < -0.3 is 9.88 Å². The normalized spacial score (nSPS) is 14.6. The molecule has 1 fully saturated rings. The van der Waals surface area contributed by atoms with Crippen molar-refractivity contribution >= 4 is 16.8 Å². The van der Waals surface area contributed by atoms with Gasteiger partial charge in [0.1, 0.15) is 0 Å². The molecular weight excluding hydrogens is 338 g/mol. The van der Waals surface area contributed by atoms with Crippen molar-refractivity contribution in [2.75, 3.05) is 0 Å². The second-order valence-corrected chi connectivity index (χ2v) is 7.24. The lowest BCUT2D eigenvalue weighted by Gasteiger charge is -2.14. The predicted octanol–water partition coefficient (Wildman–Crippen LogP) is 3.43. The minimum atomic E-state index is -0.133. The Balaban J connectivity index is 1.69. The molecule has 0 unspecified atom stereocenters. The number of benzene rings is 1. The van der Waals surface area contributed by atoms with Crippen molar-refractivity contribution in [2.45, 2.75) is 45.2 Å². The first kappa shape index (κ1) is 17.5. The number of fused-ring (bicyclic) bond motifs is 1. The summed E-state index contributed by atoms with van der Waals surface area (Å²) in [6.07, 6.45) is 6.13. The first-order chi connectivity index (χ1) is 13.1. The molecule has 1 saturated carbocycles. The molecule has 1 aliphatic carbocycles. The lowest BCUT2D eigenvalue weighted by atomic mass is 10.1. The molecule has 5 heteroatoms. The van der Waals surface area contributed by atoms with Gasteiger partial charge in [0.05, 0.1) is 28.7 Å². The quantitative estimate of drug-likeness (QED) is 0.774. The van der Waals surface area contributed by atoms with E-state index >= 15 is 0 Å². The Morgan fingerprint density at radius 1 is 1.19 bits per heavy atom. The molecule has 5 nitrogen and oxygen atoms in total. The fraction of sp³-hybridized carbons (Fsp3) is 0.318. The van der Waals surface area contributed by atoms with Gasteiger partial charge in [0, 0.05) is 12.2 Å². The smallest absolute Gasteiger partial charge is 0.260 e. The molecule has 0 aliphatic heterocycles. The maximum Gasteiger partial charge on any atom is 0.260 e. The number of hydrogen-bond acceptors (Lipinski definition) is 3. The summed E-state index contributed by atoms with van der Waals surface area (Å²) >= 11 is 0. The van der Waals surface area contributed by atoms with Crippen LogP contribution < -0.4 is 10.9 Å². The average molecular weight is 361 g/mol. The van der Waals surface area contributed by atoms with E-state index in [-0.39, 0.29) is 17.5 Å². The summed E-state index contributed by atoms with van der Waals surface area (Å²) in [4.78, 5) is 30.2. The van der Waals surface area contributed by atoms with Crippen LogP contribution in [0.5, 0.6) is 0 Å². The number of carbonyl (C=O) groups excluding carboxylic acids is 1. The van der Waals surface area contributed by atoms with Gasteiger partial charge in [-0.25, -0.2) is 0 Å². The zero-order valence-corrected chi connectivity index (χ0v) is 15.4. The summed E-state index contributed by atoms with van der Waals surface area (Å²) in [5.41, 5.74) is 2.69. The van der Waals surface area contributed by atoms with E-state index in [9.17, 15) is 9.59 Å². The summed E-state index contributed by atoms with van der Waals surface area (Å²) in [5.74, 6) is -0.133. The molecule has 1 aromatic carbocycles. The summed E-state index contributed by atoms with van der Waals surface area (Å²) in [7, 11) is 0. The second-order valence-electron chi connectivity index (χ2n) is 7.24. The van der Waals surface area contributed by atoms with Crippen molar-refractivity contribution < 1.29 is 4.79 Å². The van der Waals surface area contributed by atoms with E-state index in [1.54, 1.807) is 16.8 Å². The van der Waals surface area contributed by atoms with E-state index in [2.05, 4.69) is 10.3 Å². The molecule has 0 radical (unpaired) electrons. The monoisotopic (exact) mass is 361 g/mol. The van der Waals surface area contributed by atoms with Crippen molar-refractivity contribution in [2.24, 2.45) is 0 Å². The largest absolute Gasteiger partial charge is 0.349 e. The van der Waals surface area contributed by atoms with Crippen LogP contribution in [0.2, 0.25) is 0 Å². The van der Waals surface area contributed by atoms with Crippen LogP contribution in [0.15, 0.2) is 53.5 Å². The molecule has 0 saturated heterocycles. The second kappa shape index (κ2) is 7.35. The number of carbonyl (C=O) groups is 1. The summed E-state index contributed by atoms with van der Waals surface area (Å²) < 4.78 is 1.66. The minimum Gasteiger partial charge on any atom is -0.349 e. The molecule has 3 aromatic rings. The molecule has 0 bridgehead atoms. The van der Waals surface area contributed by atoms with Crippen LogP contribution in [0.25, 0.3) is 10.9 Å². The lowest BCUT2D eigenvalue weighted by molar-refractivity contribution is 0.0937. The van der Waals surface area contributed by atoms with Crippen molar-refractivity contribution in [3.8, 4) is 0 Å². The van der Waals surface area contributed by atoms with Gasteiger partial charge in [-0.05, 0) is 37.5 Å². The molecule has 2 heterocycles. The van der Waals surface area contributed by atoms with E-state index in [0.717, 1.165) is 31.2 Å². The van der Waals surface area contributed by atoms with Crippen LogP contribution in [-0.4, -0.2) is 21.5 Å². The van der Waals surface area contributed by atoms with E-state index in [4.69, 9.17) is 0 Å². The summed E-state index contributed by atoms with van der Waals surface area (Å²) in [6, 6.07) is 13.6. The number of aryl methyl sites for hydroxylation is 1. The highest BCUT2D eigenvalue weighted by molar-refractivity contribution is 5.98. The number of amides is 1. The number of aromatic nitrogens is 2. The van der Waals surface area contributed by atoms with Crippen LogP contribution >= 0.6 is 0 Å². The standard InChI is InChI=1S/C22H23N3O2/c1-15-18(21(26)24-17-9-5-6-10-17)13-19-20(23-15)11-12-25(22(19)27)14-16-7-3-2-4-8-16/h2-4,7-8,11-13,17H,5-6,9-10,14H2,1H3,(H,24,26). The topological polar surface area (TPSA) is 64.0 Å². The first-order valence-electron chi connectivity index (χ1n) is 9.47. The molecule has 0 spiro atoms. The van der Waals surface area contributed by atoms with E-state index in [1.807, 2.05) is 43.3 Å². The predicted molar refractivity (Wildman–Crippen MR) is 106 cm³/mol. The zero-order valence-electron chi connectivity index (χ0n) is 15.4. The third kappa shape index (κ3) is 3.63. The van der Waals surface area contributed by atoms with Gasteiger partial charge in [0.2, 0.25) is 0 Å². The summed E-state index contributed by atoms with van der Waals surface area (Å²) in [6.45, 7) is 2.31. The van der Waals surface area contributed by atoms with Gasteiger partial charge in [-0.15, -0.1) is 0 Å². The lowest BCUT2D eigenvalue weighted by Crippen LogP contribution is -2.33. The van der Waals surface area contributed by atoms with Crippen molar-refractivity contribution in [1.29, 1.82) is 0 Å². The molecule has 27 heavy (non-hydrogen) atoms. The Morgan fingerprint density at radius 3 is 2.67 bits per heavy atom. The highest BCUT2D eigenvalue weighted by atomic mass is 16.2. The van der Waals surface area contributed by atoms with Gasteiger partial charge in [-0.3, -0.25) is 14.6 Å². The Hall–Kier alpha value is -2.95. The molecule has 1 amide bonds. The van der Waals surface area contributed by atoms with Crippen molar-refractivity contribution in [3.63, 3.8) is 0 Å². The first-order valence-corrected chi connectivity index (χ1v) is 9.47. The van der Waals surface area contributed by atoms with Gasteiger partial charge >= 0.3 is 0 Å². The van der Waals surface area contributed by atoms with Crippen molar-refractivity contribution in [1.82, 2.24) is 14.9 Å². The van der Waals surface area contributed by atoms with Gasteiger partial charge in [0.25, 0.3) is 11.5 Å². The SMILES string of the molecule is Cc1nc2ccn(Cc3ccccc3)c(=O)c2cc1C(=O)NC1CCCC1. The van der Waals surface area contributed by atoms with Crippen molar-refractivity contribution in [3.05, 3.63) is 75.8 Å². The molecule has 0 atom stereocenters. The third-order valence-corrected chi connectivity index (χ3v) is 5.28. The molecular formula is C22H23N3O2. The molecule has 138 valence electrons. The molecule has 2 aromatic heterocycles. The van der Waals surface area contributed by atoms with E-state index < -0.39 is 0 Å². The Labute approximate surface area is 158 Å². The number of pyridine rings is 2. The van der Waals surface area contributed by atoms with Crippen LogP contribution in [0.4, 0.5) is 0 Å². The Bertz CT molecular complexity index is 1030. The van der Waals surface area contributed by atoms with E-state index in [1.165, 1.54) is 0 Å². The van der Waals surface area contributed by atoms with Gasteiger partial charge in [0.15, 0.2) is 0 Å².